The van der Waals surface area contributed by atoms with E-state index in [2.05, 4.69) is 13.8 Å². The zero-order valence-electron chi connectivity index (χ0n) is 19.5. The minimum atomic E-state index is -0.753. The highest BCUT2D eigenvalue weighted by Crippen LogP contribution is 2.70. The van der Waals surface area contributed by atoms with Gasteiger partial charge in [0, 0.05) is 31.6 Å². The number of esters is 2. The Kier molecular flexibility index (Phi) is 5.40. The van der Waals surface area contributed by atoms with Gasteiger partial charge in [-0.1, -0.05) is 20.3 Å². The average Bonchev–Trinajstić information content (AvgIpc) is 3.24. The van der Waals surface area contributed by atoms with Crippen LogP contribution in [0.3, 0.4) is 0 Å². The summed E-state index contributed by atoms with van der Waals surface area (Å²) >= 11 is 0. The Bertz CT molecular complexity index is 766. The van der Waals surface area contributed by atoms with Crippen molar-refractivity contribution in [2.24, 2.45) is 28.6 Å². The fraction of sp³-hybridized carbons (Fsp3) is 0.917. The first-order chi connectivity index (χ1) is 15.1. The van der Waals surface area contributed by atoms with E-state index < -0.39 is 17.3 Å². The lowest BCUT2D eigenvalue weighted by Crippen LogP contribution is -2.69. The van der Waals surface area contributed by atoms with Gasteiger partial charge < -0.3 is 28.8 Å². The Balaban J connectivity index is 1.55. The molecule has 0 radical (unpaired) electrons. The molecule has 1 spiro atoms. The van der Waals surface area contributed by atoms with Gasteiger partial charge in [0.15, 0.2) is 12.6 Å². The van der Waals surface area contributed by atoms with E-state index in [1.165, 1.54) is 13.8 Å². The zero-order valence-corrected chi connectivity index (χ0v) is 19.5. The van der Waals surface area contributed by atoms with Crippen LogP contribution in [0.2, 0.25) is 0 Å². The second kappa shape index (κ2) is 7.65. The molecule has 5 fully saturated rings. The SMILES string of the molecule is CC(=O)OC[C@@]12[C@@H](OC(C)=O)C[C@@H](C)[C@](C)([C@@H]3C[C@H]4C[C@@H](O)O[C@H]4O3)[C@H]1CCC[C@]21CO1. The number of hydrogen-bond donors (Lipinski definition) is 1. The van der Waals surface area contributed by atoms with Crippen molar-refractivity contribution in [1.82, 2.24) is 0 Å². The van der Waals surface area contributed by atoms with Gasteiger partial charge in [0.2, 0.25) is 0 Å². The molecule has 0 amide bonds. The quantitative estimate of drug-likeness (QED) is 0.513. The van der Waals surface area contributed by atoms with Crippen molar-refractivity contribution in [3.63, 3.8) is 0 Å². The molecule has 0 aromatic rings. The molecule has 180 valence electrons. The maximum absolute atomic E-state index is 12.1. The summed E-state index contributed by atoms with van der Waals surface area (Å²) in [7, 11) is 0. The molecule has 0 aromatic carbocycles. The number of epoxide rings is 1. The smallest absolute Gasteiger partial charge is 0.302 e. The lowest BCUT2D eigenvalue weighted by Gasteiger charge is -2.64. The van der Waals surface area contributed by atoms with Crippen LogP contribution >= 0.6 is 0 Å². The first kappa shape index (κ1) is 22.6. The molecule has 2 aliphatic carbocycles. The Morgan fingerprint density at radius 1 is 1.12 bits per heavy atom. The van der Waals surface area contributed by atoms with Gasteiger partial charge >= 0.3 is 11.9 Å². The monoisotopic (exact) mass is 452 g/mol. The predicted molar refractivity (Wildman–Crippen MR) is 111 cm³/mol. The number of carbonyl (C=O) groups is 2. The Morgan fingerprint density at radius 3 is 2.50 bits per heavy atom. The van der Waals surface area contributed by atoms with Gasteiger partial charge in [-0.05, 0) is 37.5 Å². The molecule has 0 unspecified atom stereocenters. The van der Waals surface area contributed by atoms with Gasteiger partial charge in [-0.25, -0.2) is 0 Å². The predicted octanol–water partition coefficient (Wildman–Crippen LogP) is 2.55. The normalized spacial score (nSPS) is 51.7. The zero-order chi connectivity index (χ0) is 22.9. The molecule has 10 atom stereocenters. The van der Waals surface area contributed by atoms with Gasteiger partial charge in [-0.2, -0.15) is 0 Å². The Hall–Kier alpha value is -1.22. The van der Waals surface area contributed by atoms with Crippen molar-refractivity contribution in [1.29, 1.82) is 0 Å². The van der Waals surface area contributed by atoms with Crippen LogP contribution in [0.5, 0.6) is 0 Å². The number of hydrogen-bond acceptors (Lipinski definition) is 8. The number of aliphatic hydroxyl groups is 1. The average molecular weight is 453 g/mol. The van der Waals surface area contributed by atoms with Gasteiger partial charge in [-0.15, -0.1) is 0 Å². The summed E-state index contributed by atoms with van der Waals surface area (Å²) in [4.78, 5) is 24.1. The second-order valence-corrected chi connectivity index (χ2v) is 11.0. The molecule has 0 aromatic heterocycles. The van der Waals surface area contributed by atoms with Crippen LogP contribution in [0.15, 0.2) is 0 Å². The van der Waals surface area contributed by atoms with Gasteiger partial charge in [0.05, 0.1) is 18.1 Å². The highest BCUT2D eigenvalue weighted by molar-refractivity contribution is 5.67. The molecule has 3 heterocycles. The molecule has 8 heteroatoms. The summed E-state index contributed by atoms with van der Waals surface area (Å²) in [5.41, 5.74) is -1.28. The molecule has 2 saturated carbocycles. The fourth-order valence-corrected chi connectivity index (χ4v) is 7.79. The molecular formula is C24H36O8. The molecule has 3 saturated heterocycles. The van der Waals surface area contributed by atoms with E-state index in [-0.39, 0.29) is 60.2 Å². The summed E-state index contributed by atoms with van der Waals surface area (Å²) in [6, 6.07) is 0. The van der Waals surface area contributed by atoms with Crippen molar-refractivity contribution in [2.45, 2.75) is 96.6 Å². The molecule has 5 rings (SSSR count). The van der Waals surface area contributed by atoms with Gasteiger partial charge in [-0.3, -0.25) is 9.59 Å². The van der Waals surface area contributed by atoms with Crippen LogP contribution in [0, 0.1) is 28.6 Å². The minimum Gasteiger partial charge on any atom is -0.465 e. The standard InChI is InChI=1S/C24H36O8/c1-13-8-19(30-15(3)26)24(12-28-14(2)25)17(6-5-7-23(24)11-29-23)22(13,4)18-9-16-10-20(27)32-21(16)31-18/h13,16-21,27H,5-12H2,1-4H3/t13-,16+,17-,18+,19+,20+,21-,22+,23+,24+/m1/s1. The van der Waals surface area contributed by atoms with E-state index in [4.69, 9.17) is 23.7 Å². The lowest BCUT2D eigenvalue weighted by atomic mass is 9.42. The van der Waals surface area contributed by atoms with Crippen LogP contribution < -0.4 is 0 Å². The van der Waals surface area contributed by atoms with E-state index >= 15 is 0 Å². The maximum Gasteiger partial charge on any atom is 0.302 e. The highest BCUT2D eigenvalue weighted by atomic mass is 16.7. The largest absolute Gasteiger partial charge is 0.465 e. The topological polar surface area (TPSA) is 104 Å². The van der Waals surface area contributed by atoms with Crippen molar-refractivity contribution in [3.8, 4) is 0 Å². The van der Waals surface area contributed by atoms with Crippen molar-refractivity contribution in [2.75, 3.05) is 13.2 Å². The number of fused-ring (bicyclic) bond motifs is 3. The lowest BCUT2D eigenvalue weighted by molar-refractivity contribution is -0.263. The number of carbonyl (C=O) groups excluding carboxylic acids is 2. The van der Waals surface area contributed by atoms with E-state index in [1.54, 1.807) is 0 Å². The fourth-order valence-electron chi connectivity index (χ4n) is 7.79. The first-order valence-electron chi connectivity index (χ1n) is 12.1. The third-order valence-electron chi connectivity index (χ3n) is 9.50. The Morgan fingerprint density at radius 2 is 1.88 bits per heavy atom. The van der Waals surface area contributed by atoms with Crippen molar-refractivity contribution < 1.29 is 38.4 Å². The minimum absolute atomic E-state index is 0.0473. The molecular weight excluding hydrogens is 416 g/mol. The van der Waals surface area contributed by atoms with Crippen LogP contribution in [-0.4, -0.2) is 60.6 Å². The molecule has 3 aliphatic heterocycles. The summed E-state index contributed by atoms with van der Waals surface area (Å²) in [6.45, 7) is 8.15. The molecule has 32 heavy (non-hydrogen) atoms. The summed E-state index contributed by atoms with van der Waals surface area (Å²) < 4.78 is 29.9. The van der Waals surface area contributed by atoms with Gasteiger partial charge in [0.25, 0.3) is 0 Å². The number of aliphatic hydroxyl groups excluding tert-OH is 1. The summed E-state index contributed by atoms with van der Waals surface area (Å²) in [5.74, 6) is -0.169. The Labute approximate surface area is 189 Å². The second-order valence-electron chi connectivity index (χ2n) is 11.0. The van der Waals surface area contributed by atoms with Crippen molar-refractivity contribution >= 4 is 11.9 Å². The van der Waals surface area contributed by atoms with Crippen LogP contribution in [0.1, 0.15) is 66.2 Å². The van der Waals surface area contributed by atoms with E-state index in [0.29, 0.717) is 19.4 Å². The maximum atomic E-state index is 12.1. The van der Waals surface area contributed by atoms with Crippen LogP contribution in [-0.2, 0) is 33.3 Å². The van der Waals surface area contributed by atoms with E-state index in [1.807, 2.05) is 0 Å². The number of ether oxygens (including phenoxy) is 5. The molecule has 5 aliphatic rings. The molecule has 0 bridgehead atoms. The third kappa shape index (κ3) is 3.16. The molecule has 1 N–H and O–H groups in total. The van der Waals surface area contributed by atoms with Crippen LogP contribution in [0.4, 0.5) is 0 Å². The highest BCUT2D eigenvalue weighted by Gasteiger charge is 2.76. The van der Waals surface area contributed by atoms with Crippen LogP contribution in [0.25, 0.3) is 0 Å². The molecule has 8 nitrogen and oxygen atoms in total. The van der Waals surface area contributed by atoms with Crippen molar-refractivity contribution in [3.05, 3.63) is 0 Å². The van der Waals surface area contributed by atoms with E-state index in [0.717, 1.165) is 25.7 Å². The van der Waals surface area contributed by atoms with Gasteiger partial charge in [0.1, 0.15) is 18.3 Å². The first-order valence-corrected chi connectivity index (χ1v) is 12.1. The number of rotatable bonds is 4. The summed E-state index contributed by atoms with van der Waals surface area (Å²) in [6.07, 6.45) is 3.35. The third-order valence-corrected chi connectivity index (χ3v) is 9.50. The summed E-state index contributed by atoms with van der Waals surface area (Å²) in [5, 5.41) is 9.88. The van der Waals surface area contributed by atoms with E-state index in [9.17, 15) is 14.7 Å².